The largest absolute Gasteiger partial charge is 0.490 e. The van der Waals surface area contributed by atoms with Crippen molar-refractivity contribution < 1.29 is 41.8 Å². The van der Waals surface area contributed by atoms with Crippen LogP contribution in [-0.2, 0) is 46.8 Å². The number of esters is 1. The van der Waals surface area contributed by atoms with Gasteiger partial charge in [-0.15, -0.1) is 6.58 Å². The van der Waals surface area contributed by atoms with Crippen LogP contribution < -0.4 is 35.9 Å². The van der Waals surface area contributed by atoms with E-state index in [-0.39, 0.29) is 48.7 Å². The number of guanidine groups is 1. The van der Waals surface area contributed by atoms with E-state index in [2.05, 4.69) is 38.8 Å². The van der Waals surface area contributed by atoms with Crippen molar-refractivity contribution in [2.45, 2.75) is 109 Å². The smallest absolute Gasteiger partial charge is 0.328 e. The number of carbonyl (C=O) groups excluding carboxylic acids is 4. The zero-order valence-electron chi connectivity index (χ0n) is 33.4. The topological polar surface area (TPSA) is 217 Å². The third-order valence-corrected chi connectivity index (χ3v) is 11.0. The molecule has 3 amide bonds. The molecule has 16 heteroatoms. The minimum Gasteiger partial charge on any atom is -0.490 e. The van der Waals surface area contributed by atoms with Gasteiger partial charge in [0.25, 0.3) is 10.0 Å². The van der Waals surface area contributed by atoms with Crippen molar-refractivity contribution in [1.82, 2.24) is 20.7 Å². The van der Waals surface area contributed by atoms with Gasteiger partial charge >= 0.3 is 5.97 Å². The molecule has 0 aliphatic carbocycles. The van der Waals surface area contributed by atoms with E-state index in [0.29, 0.717) is 41.2 Å². The maximum atomic E-state index is 13.7. The van der Waals surface area contributed by atoms with Crippen LogP contribution in [0.4, 0.5) is 0 Å². The molecule has 0 radical (unpaired) electrons. The first-order valence-corrected chi connectivity index (χ1v) is 19.9. The summed E-state index contributed by atoms with van der Waals surface area (Å²) in [7, 11) is -2.97. The lowest BCUT2D eigenvalue weighted by atomic mass is 9.88. The van der Waals surface area contributed by atoms with Crippen LogP contribution in [-0.4, -0.2) is 82.1 Å². The predicted octanol–water partition coefficient (Wildman–Crippen LogP) is 3.12. The van der Waals surface area contributed by atoms with Crippen LogP contribution >= 0.6 is 0 Å². The Morgan fingerprint density at radius 3 is 2.21 bits per heavy atom. The summed E-state index contributed by atoms with van der Waals surface area (Å²) in [6.45, 7) is 18.1. The Morgan fingerprint density at radius 2 is 1.61 bits per heavy atom. The number of hydrogen-bond donors (Lipinski definition) is 5. The van der Waals surface area contributed by atoms with Gasteiger partial charge in [0.15, 0.2) is 0 Å². The normalized spacial score (nSPS) is 15.1. The SMILES string of the molecule is C=CCOc1ccc(C[C@H](NC(C)=O)C(=O)N[C@H](CCCN=C(N)NS(=O)(=O)c2c(C)c(C)c3c(c2C)CCC(C)(C)O3)C(=O)N[C@@H](CC=C)C(=O)OC)cc1. The van der Waals surface area contributed by atoms with Gasteiger partial charge in [-0.3, -0.25) is 19.4 Å². The molecule has 0 unspecified atom stereocenters. The van der Waals surface area contributed by atoms with E-state index in [0.717, 1.165) is 17.5 Å². The first-order valence-electron chi connectivity index (χ1n) is 18.4. The summed E-state index contributed by atoms with van der Waals surface area (Å²) in [5, 5.41) is 7.93. The molecule has 0 bridgehead atoms. The van der Waals surface area contributed by atoms with Crippen molar-refractivity contribution in [2.75, 3.05) is 20.3 Å². The predicted molar refractivity (Wildman–Crippen MR) is 214 cm³/mol. The Hall–Kier alpha value is -5.38. The van der Waals surface area contributed by atoms with Crippen LogP contribution in [0.5, 0.6) is 11.5 Å². The number of fused-ring (bicyclic) bond motifs is 1. The lowest BCUT2D eigenvalue weighted by molar-refractivity contribution is -0.145. The number of carbonyl (C=O) groups is 4. The molecule has 3 rings (SSSR count). The quantitative estimate of drug-likeness (QED) is 0.0460. The summed E-state index contributed by atoms with van der Waals surface area (Å²) in [5.41, 5.74) is 9.11. The number of hydrogen-bond acceptors (Lipinski definition) is 10. The van der Waals surface area contributed by atoms with Gasteiger partial charge < -0.3 is 35.9 Å². The van der Waals surface area contributed by atoms with E-state index >= 15 is 0 Å². The average molecular weight is 797 g/mol. The van der Waals surface area contributed by atoms with E-state index in [9.17, 15) is 27.6 Å². The second-order valence-electron chi connectivity index (χ2n) is 14.3. The van der Waals surface area contributed by atoms with Gasteiger partial charge in [0, 0.05) is 19.9 Å². The fourth-order valence-corrected chi connectivity index (χ4v) is 7.90. The molecule has 2 aromatic rings. The van der Waals surface area contributed by atoms with Crippen LogP contribution in [0.3, 0.4) is 0 Å². The van der Waals surface area contributed by atoms with Crippen molar-refractivity contribution in [3.05, 3.63) is 77.4 Å². The molecule has 0 saturated carbocycles. The Balaban J connectivity index is 1.79. The van der Waals surface area contributed by atoms with Crippen molar-refractivity contribution in [3.8, 4) is 11.5 Å². The number of nitrogens with zero attached hydrogens (tertiary/aromatic N) is 1. The molecule has 1 aliphatic heterocycles. The molecular formula is C40H56N6O9S. The lowest BCUT2D eigenvalue weighted by Gasteiger charge is -2.35. The van der Waals surface area contributed by atoms with Crippen LogP contribution in [0.15, 0.2) is 59.5 Å². The maximum absolute atomic E-state index is 13.7. The van der Waals surface area contributed by atoms with Gasteiger partial charge in [0.1, 0.15) is 41.8 Å². The molecule has 15 nitrogen and oxygen atoms in total. The molecule has 1 heterocycles. The number of methoxy groups -OCH3 is 1. The third-order valence-electron chi connectivity index (χ3n) is 9.37. The Morgan fingerprint density at radius 1 is 0.964 bits per heavy atom. The third kappa shape index (κ3) is 12.3. The Kier molecular flexibility index (Phi) is 16.1. The van der Waals surface area contributed by atoms with Crippen LogP contribution in [0.2, 0.25) is 0 Å². The number of rotatable bonds is 19. The highest BCUT2D eigenvalue weighted by atomic mass is 32.2. The van der Waals surface area contributed by atoms with Gasteiger partial charge in [0.05, 0.1) is 12.0 Å². The summed E-state index contributed by atoms with van der Waals surface area (Å²) in [6.07, 6.45) is 4.76. The molecule has 1 aliphatic rings. The maximum Gasteiger partial charge on any atom is 0.328 e. The summed E-state index contributed by atoms with van der Waals surface area (Å²) in [4.78, 5) is 56.1. The number of aliphatic imine (C=N–C) groups is 1. The van der Waals surface area contributed by atoms with E-state index in [4.69, 9.17) is 19.9 Å². The molecule has 56 heavy (non-hydrogen) atoms. The van der Waals surface area contributed by atoms with Crippen molar-refractivity contribution in [2.24, 2.45) is 10.7 Å². The number of sulfonamides is 1. The van der Waals surface area contributed by atoms with Gasteiger partial charge in [-0.25, -0.2) is 17.9 Å². The Labute approximate surface area is 330 Å². The van der Waals surface area contributed by atoms with Gasteiger partial charge in [-0.05, 0) is 107 Å². The minimum atomic E-state index is -4.15. The zero-order valence-corrected chi connectivity index (χ0v) is 34.2. The van der Waals surface area contributed by atoms with Crippen molar-refractivity contribution >= 4 is 39.7 Å². The minimum absolute atomic E-state index is 0.00377. The molecular weight excluding hydrogens is 741 g/mol. The molecule has 0 saturated heterocycles. The number of benzene rings is 2. The molecule has 2 aromatic carbocycles. The molecule has 0 spiro atoms. The molecule has 3 atom stereocenters. The first kappa shape index (κ1) is 45.0. The second-order valence-corrected chi connectivity index (χ2v) is 15.9. The number of amides is 3. The summed E-state index contributed by atoms with van der Waals surface area (Å²) < 4.78 is 46.3. The fourth-order valence-electron chi connectivity index (χ4n) is 6.37. The number of nitrogens with one attached hydrogen (secondary N) is 4. The van der Waals surface area contributed by atoms with E-state index in [1.165, 1.54) is 20.1 Å². The molecule has 6 N–H and O–H groups in total. The summed E-state index contributed by atoms with van der Waals surface area (Å²) in [6, 6.07) is 3.62. The highest BCUT2D eigenvalue weighted by Gasteiger charge is 2.34. The standard InChI is InChI=1S/C40H56N6O9S/c1-10-13-32(38(50)53-9)45-36(48)31(44-37(49)33(43-27(6)47)23-28-15-17-29(18-16-28)54-22-11-2)14-12-21-42-39(41)46-56(51,52)35-25(4)24(3)34-30(26(35)5)19-20-40(7,8)55-34/h10-11,15-18,31-33H,1-2,12-14,19-23H2,3-9H3,(H,43,47)(H,44,49)(H,45,48)(H3,41,42,46)/t31-,32+,33+/m1/s1. The molecule has 0 aromatic heterocycles. The second kappa shape index (κ2) is 20.0. The van der Waals surface area contributed by atoms with E-state index in [1.54, 1.807) is 44.2 Å². The monoisotopic (exact) mass is 796 g/mol. The Bertz CT molecular complexity index is 1930. The average Bonchev–Trinajstić information content (AvgIpc) is 3.13. The number of ether oxygens (including phenoxy) is 3. The molecule has 306 valence electrons. The first-order chi connectivity index (χ1) is 26.3. The lowest BCUT2D eigenvalue weighted by Crippen LogP contribution is -2.56. The fraction of sp³-hybridized carbons (Fsp3) is 0.475. The highest BCUT2D eigenvalue weighted by Crippen LogP contribution is 2.42. The zero-order chi connectivity index (χ0) is 41.8. The van der Waals surface area contributed by atoms with E-state index < -0.39 is 51.8 Å². The highest BCUT2D eigenvalue weighted by molar-refractivity contribution is 7.90. The molecule has 0 fully saturated rings. The van der Waals surface area contributed by atoms with Crippen LogP contribution in [0.1, 0.15) is 74.3 Å². The van der Waals surface area contributed by atoms with Crippen molar-refractivity contribution in [3.63, 3.8) is 0 Å². The van der Waals surface area contributed by atoms with Gasteiger partial charge in [0.2, 0.25) is 23.7 Å². The number of nitrogens with two attached hydrogens (primary N) is 1. The summed E-state index contributed by atoms with van der Waals surface area (Å²) >= 11 is 0. The van der Waals surface area contributed by atoms with Crippen LogP contribution in [0, 0.1) is 20.8 Å². The van der Waals surface area contributed by atoms with Gasteiger partial charge in [-0.1, -0.05) is 30.9 Å². The van der Waals surface area contributed by atoms with Crippen molar-refractivity contribution in [1.29, 1.82) is 0 Å². The van der Waals surface area contributed by atoms with E-state index in [1.807, 2.05) is 20.8 Å². The van der Waals surface area contributed by atoms with Gasteiger partial charge in [-0.2, -0.15) is 0 Å². The van der Waals surface area contributed by atoms with Crippen LogP contribution in [0.25, 0.3) is 0 Å². The summed E-state index contributed by atoms with van der Waals surface area (Å²) in [5.74, 6) is -1.57.